The topological polar surface area (TPSA) is 58.6 Å². The molecule has 0 aromatic heterocycles. The van der Waals surface area contributed by atoms with Crippen LogP contribution in [0.25, 0.3) is 0 Å². The molecule has 0 unspecified atom stereocenters. The number of unbranched alkanes of at least 4 members (excludes halogenated alkanes) is 1. The Labute approximate surface area is 194 Å². The van der Waals surface area contributed by atoms with Gasteiger partial charge in [-0.05, 0) is 48.2 Å². The lowest BCUT2D eigenvalue weighted by atomic mass is 10.1. The first-order valence-electron chi connectivity index (χ1n) is 10.5. The number of ether oxygens (including phenoxy) is 1. The molecule has 0 saturated heterocycles. The Morgan fingerprint density at radius 2 is 1.81 bits per heavy atom. The SMILES string of the molecule is CCCCNC(=O)[C@H](CC)N(Cc1ccc(Cl)cc1Cl)C(=O)Cc1ccc(OC)cc1. The van der Waals surface area contributed by atoms with E-state index in [9.17, 15) is 9.59 Å². The predicted octanol–water partition coefficient (Wildman–Crippen LogP) is 5.27. The van der Waals surface area contributed by atoms with E-state index in [1.165, 1.54) is 0 Å². The van der Waals surface area contributed by atoms with Crippen LogP contribution in [-0.4, -0.2) is 36.4 Å². The first kappa shape index (κ1) is 25.0. The van der Waals surface area contributed by atoms with Crippen LogP contribution in [0, 0.1) is 0 Å². The van der Waals surface area contributed by atoms with Crippen molar-refractivity contribution in [3.8, 4) is 5.75 Å². The summed E-state index contributed by atoms with van der Waals surface area (Å²) in [6.07, 6.45) is 2.55. The third kappa shape index (κ3) is 7.44. The smallest absolute Gasteiger partial charge is 0.242 e. The third-order valence-corrected chi connectivity index (χ3v) is 5.67. The number of carbonyl (C=O) groups is 2. The second kappa shape index (κ2) is 12.6. The van der Waals surface area contributed by atoms with Gasteiger partial charge in [-0.3, -0.25) is 9.59 Å². The summed E-state index contributed by atoms with van der Waals surface area (Å²) in [4.78, 5) is 27.8. The summed E-state index contributed by atoms with van der Waals surface area (Å²) in [6, 6.07) is 11.9. The van der Waals surface area contributed by atoms with Crippen molar-refractivity contribution in [2.45, 2.75) is 52.1 Å². The van der Waals surface area contributed by atoms with E-state index in [1.807, 2.05) is 31.2 Å². The molecule has 5 nitrogen and oxygen atoms in total. The number of methoxy groups -OCH3 is 1. The molecule has 168 valence electrons. The van der Waals surface area contributed by atoms with Gasteiger partial charge in [0, 0.05) is 23.1 Å². The van der Waals surface area contributed by atoms with Gasteiger partial charge in [-0.1, -0.05) is 61.7 Å². The quantitative estimate of drug-likeness (QED) is 0.460. The average Bonchev–Trinajstić information content (AvgIpc) is 2.75. The van der Waals surface area contributed by atoms with Gasteiger partial charge in [0.05, 0.1) is 13.5 Å². The number of carbonyl (C=O) groups excluding carboxylic acids is 2. The fourth-order valence-electron chi connectivity index (χ4n) is 3.28. The van der Waals surface area contributed by atoms with E-state index in [1.54, 1.807) is 30.2 Å². The first-order valence-corrected chi connectivity index (χ1v) is 11.3. The predicted molar refractivity (Wildman–Crippen MR) is 126 cm³/mol. The average molecular weight is 465 g/mol. The zero-order chi connectivity index (χ0) is 22.8. The van der Waals surface area contributed by atoms with Crippen LogP contribution in [0.4, 0.5) is 0 Å². The summed E-state index contributed by atoms with van der Waals surface area (Å²) < 4.78 is 5.18. The van der Waals surface area contributed by atoms with Gasteiger partial charge in [-0.25, -0.2) is 0 Å². The van der Waals surface area contributed by atoms with Crippen molar-refractivity contribution < 1.29 is 14.3 Å². The van der Waals surface area contributed by atoms with Crippen molar-refractivity contribution in [1.82, 2.24) is 10.2 Å². The van der Waals surface area contributed by atoms with E-state index >= 15 is 0 Å². The molecule has 0 spiro atoms. The van der Waals surface area contributed by atoms with Gasteiger partial charge in [0.2, 0.25) is 11.8 Å². The molecule has 0 aliphatic heterocycles. The van der Waals surface area contributed by atoms with Gasteiger partial charge in [0.25, 0.3) is 0 Å². The van der Waals surface area contributed by atoms with Crippen LogP contribution >= 0.6 is 23.2 Å². The van der Waals surface area contributed by atoms with Gasteiger partial charge >= 0.3 is 0 Å². The lowest BCUT2D eigenvalue weighted by molar-refractivity contribution is -0.140. The summed E-state index contributed by atoms with van der Waals surface area (Å²) in [5, 5.41) is 3.95. The summed E-state index contributed by atoms with van der Waals surface area (Å²) in [6.45, 7) is 4.79. The summed E-state index contributed by atoms with van der Waals surface area (Å²) >= 11 is 12.4. The lowest BCUT2D eigenvalue weighted by Crippen LogP contribution is -2.49. The largest absolute Gasteiger partial charge is 0.497 e. The molecular formula is C24H30Cl2N2O3. The number of halogens is 2. The highest BCUT2D eigenvalue weighted by Gasteiger charge is 2.29. The molecule has 0 bridgehead atoms. The molecule has 2 amide bonds. The Morgan fingerprint density at radius 1 is 1.10 bits per heavy atom. The minimum Gasteiger partial charge on any atom is -0.497 e. The van der Waals surface area contributed by atoms with E-state index in [4.69, 9.17) is 27.9 Å². The Kier molecular flexibility index (Phi) is 10.2. The van der Waals surface area contributed by atoms with Crippen molar-refractivity contribution >= 4 is 35.0 Å². The molecule has 0 fully saturated rings. The molecule has 0 aliphatic carbocycles. The monoisotopic (exact) mass is 464 g/mol. The Hall–Kier alpha value is -2.24. The summed E-state index contributed by atoms with van der Waals surface area (Å²) in [5.41, 5.74) is 1.59. The molecule has 0 heterocycles. The molecule has 2 aromatic carbocycles. The maximum absolute atomic E-state index is 13.3. The van der Waals surface area contributed by atoms with Gasteiger partial charge < -0.3 is 15.0 Å². The van der Waals surface area contributed by atoms with Crippen LogP contribution in [0.5, 0.6) is 5.75 Å². The van der Waals surface area contributed by atoms with Gasteiger partial charge in [0.1, 0.15) is 11.8 Å². The van der Waals surface area contributed by atoms with Gasteiger partial charge in [-0.15, -0.1) is 0 Å². The van der Waals surface area contributed by atoms with E-state index in [-0.39, 0.29) is 24.8 Å². The number of nitrogens with one attached hydrogen (secondary N) is 1. The number of benzene rings is 2. The second-order valence-corrected chi connectivity index (χ2v) is 8.19. The molecule has 2 aromatic rings. The molecule has 1 N–H and O–H groups in total. The maximum Gasteiger partial charge on any atom is 0.242 e. The van der Waals surface area contributed by atoms with Crippen molar-refractivity contribution in [3.63, 3.8) is 0 Å². The summed E-state index contributed by atoms with van der Waals surface area (Å²) in [5.74, 6) is 0.431. The van der Waals surface area contributed by atoms with Gasteiger partial charge in [-0.2, -0.15) is 0 Å². The van der Waals surface area contributed by atoms with Crippen LogP contribution in [0.2, 0.25) is 10.0 Å². The molecule has 7 heteroatoms. The number of hydrogen-bond donors (Lipinski definition) is 1. The number of rotatable bonds is 11. The third-order valence-electron chi connectivity index (χ3n) is 5.09. The number of nitrogens with zero attached hydrogens (tertiary/aromatic N) is 1. The van der Waals surface area contributed by atoms with Crippen molar-refractivity contribution in [2.75, 3.05) is 13.7 Å². The standard InChI is InChI=1S/C24H30Cl2N2O3/c1-4-6-13-27-24(30)22(5-2)28(16-18-9-10-19(25)15-21(18)26)23(29)14-17-7-11-20(31-3)12-8-17/h7-12,15,22H,4-6,13-14,16H2,1-3H3,(H,27,30)/t22-/m0/s1. The Balaban J connectivity index is 2.27. The van der Waals surface area contributed by atoms with Crippen molar-refractivity contribution in [2.24, 2.45) is 0 Å². The molecule has 0 radical (unpaired) electrons. The van der Waals surface area contributed by atoms with E-state index in [0.717, 1.165) is 29.7 Å². The molecular weight excluding hydrogens is 435 g/mol. The van der Waals surface area contributed by atoms with Crippen molar-refractivity contribution in [3.05, 3.63) is 63.6 Å². The number of hydrogen-bond acceptors (Lipinski definition) is 3. The van der Waals surface area contributed by atoms with E-state index in [0.29, 0.717) is 23.0 Å². The van der Waals surface area contributed by atoms with Crippen LogP contribution in [0.1, 0.15) is 44.2 Å². The highest BCUT2D eigenvalue weighted by Crippen LogP contribution is 2.24. The molecule has 0 saturated carbocycles. The maximum atomic E-state index is 13.3. The molecule has 0 aliphatic rings. The molecule has 2 rings (SSSR count). The molecule has 31 heavy (non-hydrogen) atoms. The fraction of sp³-hybridized carbons (Fsp3) is 0.417. The lowest BCUT2D eigenvalue weighted by Gasteiger charge is -2.31. The van der Waals surface area contributed by atoms with Crippen molar-refractivity contribution in [1.29, 1.82) is 0 Å². The zero-order valence-corrected chi connectivity index (χ0v) is 19.8. The minimum absolute atomic E-state index is 0.145. The highest BCUT2D eigenvalue weighted by atomic mass is 35.5. The zero-order valence-electron chi connectivity index (χ0n) is 18.3. The second-order valence-electron chi connectivity index (χ2n) is 7.35. The normalized spacial score (nSPS) is 11.6. The fourth-order valence-corrected chi connectivity index (χ4v) is 3.75. The number of amides is 2. The van der Waals surface area contributed by atoms with Gasteiger partial charge in [0.15, 0.2) is 0 Å². The summed E-state index contributed by atoms with van der Waals surface area (Å²) in [7, 11) is 1.60. The Morgan fingerprint density at radius 3 is 2.39 bits per heavy atom. The van der Waals surface area contributed by atoms with E-state index in [2.05, 4.69) is 12.2 Å². The van der Waals surface area contributed by atoms with E-state index < -0.39 is 6.04 Å². The Bertz CT molecular complexity index is 872. The van der Waals surface area contributed by atoms with Crippen LogP contribution < -0.4 is 10.1 Å². The first-order chi connectivity index (χ1) is 14.9. The molecule has 1 atom stereocenters. The van der Waals surface area contributed by atoms with Crippen LogP contribution in [0.15, 0.2) is 42.5 Å². The van der Waals surface area contributed by atoms with Crippen LogP contribution in [0.3, 0.4) is 0 Å². The highest BCUT2D eigenvalue weighted by molar-refractivity contribution is 6.35. The van der Waals surface area contributed by atoms with Crippen LogP contribution in [-0.2, 0) is 22.6 Å². The minimum atomic E-state index is -0.589.